The molecule has 1 aliphatic rings. The molecule has 0 aromatic carbocycles. The number of amides is 1. The van der Waals surface area contributed by atoms with Crippen LogP contribution in [0.2, 0.25) is 0 Å². The van der Waals surface area contributed by atoms with Gasteiger partial charge in [-0.1, -0.05) is 5.16 Å². The van der Waals surface area contributed by atoms with Gasteiger partial charge in [0, 0.05) is 34.9 Å². The van der Waals surface area contributed by atoms with Crippen molar-refractivity contribution in [2.24, 2.45) is 0 Å². The lowest BCUT2D eigenvalue weighted by molar-refractivity contribution is 0.0941. The highest BCUT2D eigenvalue weighted by molar-refractivity contribution is 7.10. The molecule has 1 unspecified atom stereocenters. The molecule has 0 bridgehead atoms. The van der Waals surface area contributed by atoms with E-state index < -0.39 is 0 Å². The van der Waals surface area contributed by atoms with Crippen LogP contribution in [0.1, 0.15) is 58.5 Å². The number of nitrogens with one attached hydrogen (secondary N) is 1. The molecular formula is C21H19N5O2S. The molecule has 4 aromatic rings. The van der Waals surface area contributed by atoms with Gasteiger partial charge in [-0.2, -0.15) is 0 Å². The Morgan fingerprint density at radius 3 is 2.97 bits per heavy atom. The number of hydrogen-bond acceptors (Lipinski definition) is 7. The van der Waals surface area contributed by atoms with Crippen LogP contribution in [-0.4, -0.2) is 26.0 Å². The van der Waals surface area contributed by atoms with Crippen molar-refractivity contribution in [3.05, 3.63) is 57.9 Å². The fourth-order valence-electron chi connectivity index (χ4n) is 3.35. The standard InChI is InChI=1S/C21H19N5O2S/c1-11-18-15(8-16(13-5-6-13)24-20(18)28-26-11)19(27)23-12(2)21-25-17(10-29-21)14-4-3-7-22-9-14/h3-4,7-10,12-13H,5-6H2,1-2H3,(H,23,27). The Kier molecular flexibility index (Phi) is 4.35. The minimum Gasteiger partial charge on any atom is -0.343 e. The first-order chi connectivity index (χ1) is 14.1. The molecule has 1 aliphatic carbocycles. The molecule has 1 saturated carbocycles. The SMILES string of the molecule is Cc1noc2nc(C3CC3)cc(C(=O)NC(C)c3nc(-c4cccnc4)cs3)c12. The second-order valence-corrected chi connectivity index (χ2v) is 8.21. The molecule has 0 saturated heterocycles. The van der Waals surface area contributed by atoms with Crippen molar-refractivity contribution in [3.63, 3.8) is 0 Å². The van der Waals surface area contributed by atoms with Gasteiger partial charge in [0.2, 0.25) is 0 Å². The van der Waals surface area contributed by atoms with Crippen molar-refractivity contribution in [1.29, 1.82) is 0 Å². The van der Waals surface area contributed by atoms with Crippen LogP contribution < -0.4 is 5.32 Å². The summed E-state index contributed by atoms with van der Waals surface area (Å²) in [5, 5.41) is 10.6. The molecule has 29 heavy (non-hydrogen) atoms. The van der Waals surface area contributed by atoms with E-state index in [1.54, 1.807) is 12.4 Å². The van der Waals surface area contributed by atoms with E-state index in [1.807, 2.05) is 37.4 Å². The summed E-state index contributed by atoms with van der Waals surface area (Å²) < 4.78 is 5.34. The summed E-state index contributed by atoms with van der Waals surface area (Å²) in [6.07, 6.45) is 5.71. The zero-order valence-electron chi connectivity index (χ0n) is 16.0. The maximum atomic E-state index is 13.1. The summed E-state index contributed by atoms with van der Waals surface area (Å²) in [6, 6.07) is 5.50. The predicted molar refractivity (Wildman–Crippen MR) is 110 cm³/mol. The van der Waals surface area contributed by atoms with Gasteiger partial charge in [0.15, 0.2) is 0 Å². The van der Waals surface area contributed by atoms with Crippen molar-refractivity contribution in [2.45, 2.75) is 38.6 Å². The second kappa shape index (κ2) is 7.04. The number of thiazole rings is 1. The van der Waals surface area contributed by atoms with Crippen LogP contribution in [-0.2, 0) is 0 Å². The van der Waals surface area contributed by atoms with Gasteiger partial charge in [-0.05, 0) is 44.9 Å². The van der Waals surface area contributed by atoms with Gasteiger partial charge in [0.25, 0.3) is 11.6 Å². The monoisotopic (exact) mass is 405 g/mol. The van der Waals surface area contributed by atoms with Crippen LogP contribution in [0, 0.1) is 6.92 Å². The topological polar surface area (TPSA) is 93.8 Å². The first kappa shape index (κ1) is 17.9. The Bertz CT molecular complexity index is 1200. The number of nitrogens with zero attached hydrogens (tertiary/aromatic N) is 4. The first-order valence-electron chi connectivity index (χ1n) is 9.53. The van der Waals surface area contributed by atoms with E-state index in [2.05, 4.69) is 25.4 Å². The normalized spacial score (nSPS) is 14.8. The van der Waals surface area contributed by atoms with Crippen molar-refractivity contribution in [1.82, 2.24) is 25.4 Å². The summed E-state index contributed by atoms with van der Waals surface area (Å²) in [5.74, 6) is 0.242. The lowest BCUT2D eigenvalue weighted by Gasteiger charge is -2.12. The van der Waals surface area contributed by atoms with Crippen LogP contribution in [0.4, 0.5) is 0 Å². The van der Waals surface area contributed by atoms with Crippen LogP contribution >= 0.6 is 11.3 Å². The van der Waals surface area contributed by atoms with E-state index in [0.717, 1.165) is 34.8 Å². The zero-order valence-corrected chi connectivity index (χ0v) is 16.9. The predicted octanol–water partition coefficient (Wildman–Crippen LogP) is 4.42. The van der Waals surface area contributed by atoms with Crippen LogP contribution in [0.5, 0.6) is 0 Å². The van der Waals surface area contributed by atoms with Gasteiger partial charge in [0.05, 0.1) is 28.4 Å². The van der Waals surface area contributed by atoms with E-state index in [1.165, 1.54) is 11.3 Å². The average Bonchev–Trinajstić information content (AvgIpc) is 3.35. The molecular weight excluding hydrogens is 386 g/mol. The lowest BCUT2D eigenvalue weighted by atomic mass is 10.1. The molecule has 8 heteroatoms. The van der Waals surface area contributed by atoms with Crippen LogP contribution in [0.15, 0.2) is 40.5 Å². The Morgan fingerprint density at radius 2 is 2.21 bits per heavy atom. The van der Waals surface area contributed by atoms with Crippen molar-refractivity contribution < 1.29 is 9.32 Å². The van der Waals surface area contributed by atoms with Crippen molar-refractivity contribution in [3.8, 4) is 11.3 Å². The van der Waals surface area contributed by atoms with E-state index in [-0.39, 0.29) is 11.9 Å². The number of aromatic nitrogens is 4. The molecule has 1 fully saturated rings. The quantitative estimate of drug-likeness (QED) is 0.528. The second-order valence-electron chi connectivity index (χ2n) is 7.32. The summed E-state index contributed by atoms with van der Waals surface area (Å²) in [4.78, 5) is 26.5. The number of hydrogen-bond donors (Lipinski definition) is 1. The molecule has 7 nitrogen and oxygen atoms in total. The van der Waals surface area contributed by atoms with E-state index in [4.69, 9.17) is 4.52 Å². The van der Waals surface area contributed by atoms with E-state index in [9.17, 15) is 4.79 Å². The van der Waals surface area contributed by atoms with Crippen molar-refractivity contribution >= 4 is 28.3 Å². The number of aryl methyl sites for hydroxylation is 1. The van der Waals surface area contributed by atoms with Crippen molar-refractivity contribution in [2.75, 3.05) is 0 Å². The smallest absolute Gasteiger partial charge is 0.259 e. The third-order valence-electron chi connectivity index (χ3n) is 5.07. The average molecular weight is 405 g/mol. The molecule has 5 rings (SSSR count). The third kappa shape index (κ3) is 3.40. The zero-order chi connectivity index (χ0) is 20.0. The Balaban J connectivity index is 1.42. The molecule has 4 aromatic heterocycles. The molecule has 0 radical (unpaired) electrons. The van der Waals surface area contributed by atoms with E-state index >= 15 is 0 Å². The maximum absolute atomic E-state index is 13.1. The Labute approximate surface area is 171 Å². The Hall–Kier alpha value is -3.13. The summed E-state index contributed by atoms with van der Waals surface area (Å²) in [6.45, 7) is 3.76. The Morgan fingerprint density at radius 1 is 1.34 bits per heavy atom. The van der Waals surface area contributed by atoms with Gasteiger partial charge < -0.3 is 9.84 Å². The van der Waals surface area contributed by atoms with Crippen LogP contribution in [0.25, 0.3) is 22.4 Å². The fraction of sp³-hybridized carbons (Fsp3) is 0.286. The molecule has 1 N–H and O–H groups in total. The number of fused-ring (bicyclic) bond motifs is 1. The molecule has 4 heterocycles. The highest BCUT2D eigenvalue weighted by Crippen LogP contribution is 2.40. The maximum Gasteiger partial charge on any atom is 0.259 e. The first-order valence-corrected chi connectivity index (χ1v) is 10.4. The minimum atomic E-state index is -0.231. The number of carbonyl (C=O) groups excluding carboxylic acids is 1. The van der Waals surface area contributed by atoms with E-state index in [0.29, 0.717) is 28.3 Å². The lowest BCUT2D eigenvalue weighted by Crippen LogP contribution is -2.27. The highest BCUT2D eigenvalue weighted by Gasteiger charge is 2.29. The van der Waals surface area contributed by atoms with Gasteiger partial charge in [-0.15, -0.1) is 11.3 Å². The van der Waals surface area contributed by atoms with Gasteiger partial charge in [-0.3, -0.25) is 9.78 Å². The molecule has 0 aliphatic heterocycles. The molecule has 1 amide bonds. The van der Waals surface area contributed by atoms with Crippen LogP contribution in [0.3, 0.4) is 0 Å². The number of pyridine rings is 2. The largest absolute Gasteiger partial charge is 0.343 e. The summed E-state index contributed by atoms with van der Waals surface area (Å²) in [5.41, 5.74) is 4.37. The summed E-state index contributed by atoms with van der Waals surface area (Å²) in [7, 11) is 0. The fourth-order valence-corrected chi connectivity index (χ4v) is 4.19. The van der Waals surface area contributed by atoms with Gasteiger partial charge >= 0.3 is 0 Å². The number of rotatable bonds is 5. The molecule has 1 atom stereocenters. The molecule has 0 spiro atoms. The van der Waals surface area contributed by atoms with Gasteiger partial charge in [-0.25, -0.2) is 9.97 Å². The highest BCUT2D eigenvalue weighted by atomic mass is 32.1. The third-order valence-corrected chi connectivity index (χ3v) is 6.10. The minimum absolute atomic E-state index is 0.170. The number of carbonyl (C=O) groups is 1. The van der Waals surface area contributed by atoms with Gasteiger partial charge in [0.1, 0.15) is 5.01 Å². The summed E-state index contributed by atoms with van der Waals surface area (Å²) >= 11 is 1.52. The molecule has 146 valence electrons.